The molecule has 0 radical (unpaired) electrons. The molecule has 0 fully saturated rings. The molecule has 0 amide bonds. The second kappa shape index (κ2) is 2.32. The summed E-state index contributed by atoms with van der Waals surface area (Å²) < 4.78 is 6.17. The highest BCUT2D eigenvalue weighted by molar-refractivity contribution is 9.11. The Kier molecular flexibility index (Phi) is 1.54. The molecule has 2 aromatic rings. The van der Waals surface area contributed by atoms with Crippen LogP contribution in [0, 0.1) is 0 Å². The van der Waals surface area contributed by atoms with Gasteiger partial charge >= 0.3 is 0 Å². The van der Waals surface area contributed by atoms with Crippen LogP contribution in [-0.2, 0) is 0 Å². The summed E-state index contributed by atoms with van der Waals surface area (Å²) in [5.74, 6) is 0. The van der Waals surface area contributed by atoms with Crippen molar-refractivity contribution in [3.63, 3.8) is 0 Å². The van der Waals surface area contributed by atoms with E-state index in [2.05, 4.69) is 31.9 Å². The van der Waals surface area contributed by atoms with Crippen LogP contribution < -0.4 is 5.43 Å². The smallest absolute Gasteiger partial charge is 0.214 e. The van der Waals surface area contributed by atoms with Gasteiger partial charge in [-0.1, -0.05) is 0 Å². The molecular formula is C7H2Br2O2. The molecule has 0 saturated carbocycles. The number of furan rings is 1. The van der Waals surface area contributed by atoms with Gasteiger partial charge in [0.25, 0.3) is 0 Å². The standard InChI is InChI=1S/C7H2Br2O2/c8-5-3-1-2-4(11-3)6(9)7(5)10/h1-2H. The maximum atomic E-state index is 11.3. The van der Waals surface area contributed by atoms with Crippen molar-refractivity contribution in [2.24, 2.45) is 0 Å². The molecule has 2 nitrogen and oxygen atoms in total. The Labute approximate surface area is 78.8 Å². The minimum atomic E-state index is -0.0637. The van der Waals surface area contributed by atoms with E-state index in [1.807, 2.05) is 0 Å². The fourth-order valence-electron chi connectivity index (χ4n) is 0.894. The monoisotopic (exact) mass is 276 g/mol. The molecule has 0 aliphatic rings. The van der Waals surface area contributed by atoms with E-state index in [-0.39, 0.29) is 5.43 Å². The number of rotatable bonds is 0. The SMILES string of the molecule is O=c1c(Br)c2ccc(o2)c1Br. The van der Waals surface area contributed by atoms with Gasteiger partial charge in [-0.05, 0) is 44.0 Å². The summed E-state index contributed by atoms with van der Waals surface area (Å²) >= 11 is 6.27. The Morgan fingerprint density at radius 2 is 1.55 bits per heavy atom. The molecule has 2 heterocycles. The third kappa shape index (κ3) is 0.929. The molecule has 0 unspecified atom stereocenters. The molecule has 2 aromatic heterocycles. The van der Waals surface area contributed by atoms with Crippen LogP contribution in [0.25, 0.3) is 11.2 Å². The van der Waals surface area contributed by atoms with Crippen molar-refractivity contribution in [3.8, 4) is 0 Å². The van der Waals surface area contributed by atoms with Gasteiger partial charge in [0, 0.05) is 0 Å². The van der Waals surface area contributed by atoms with Crippen molar-refractivity contribution in [2.75, 3.05) is 0 Å². The van der Waals surface area contributed by atoms with Crippen molar-refractivity contribution in [2.45, 2.75) is 0 Å². The van der Waals surface area contributed by atoms with Crippen LogP contribution in [0.5, 0.6) is 0 Å². The zero-order chi connectivity index (χ0) is 8.01. The van der Waals surface area contributed by atoms with E-state index in [1.165, 1.54) is 0 Å². The molecule has 0 aromatic carbocycles. The fourth-order valence-corrected chi connectivity index (χ4v) is 1.98. The molecule has 0 aliphatic carbocycles. The lowest BCUT2D eigenvalue weighted by Gasteiger charge is -1.91. The third-order valence-corrected chi connectivity index (χ3v) is 2.94. The molecule has 0 atom stereocenters. The van der Waals surface area contributed by atoms with Gasteiger partial charge in [0.1, 0.15) is 20.1 Å². The lowest BCUT2D eigenvalue weighted by Crippen LogP contribution is -2.00. The zero-order valence-corrected chi connectivity index (χ0v) is 8.40. The van der Waals surface area contributed by atoms with Gasteiger partial charge in [-0.25, -0.2) is 0 Å². The van der Waals surface area contributed by atoms with Crippen LogP contribution in [0.3, 0.4) is 0 Å². The first-order chi connectivity index (χ1) is 5.20. The highest BCUT2D eigenvalue weighted by Crippen LogP contribution is 2.25. The Morgan fingerprint density at radius 1 is 1.09 bits per heavy atom. The molecule has 0 aliphatic heterocycles. The molecule has 2 rings (SSSR count). The Balaban J connectivity index is 3.11. The van der Waals surface area contributed by atoms with E-state index in [0.29, 0.717) is 20.1 Å². The number of hydrogen-bond donors (Lipinski definition) is 0. The Morgan fingerprint density at radius 3 is 2.00 bits per heavy atom. The highest BCUT2D eigenvalue weighted by atomic mass is 79.9. The summed E-state index contributed by atoms with van der Waals surface area (Å²) in [4.78, 5) is 11.3. The van der Waals surface area contributed by atoms with Crippen molar-refractivity contribution < 1.29 is 4.42 Å². The average Bonchev–Trinajstić information content (AvgIpc) is 2.44. The molecule has 11 heavy (non-hydrogen) atoms. The molecule has 0 N–H and O–H groups in total. The summed E-state index contributed by atoms with van der Waals surface area (Å²) in [5.41, 5.74) is 1.12. The van der Waals surface area contributed by atoms with Gasteiger partial charge in [-0.2, -0.15) is 0 Å². The summed E-state index contributed by atoms with van der Waals surface area (Å²) in [7, 11) is 0. The van der Waals surface area contributed by atoms with E-state index >= 15 is 0 Å². The lowest BCUT2D eigenvalue weighted by atomic mass is 10.5. The maximum Gasteiger partial charge on any atom is 0.214 e. The van der Waals surface area contributed by atoms with Crippen molar-refractivity contribution in [1.82, 2.24) is 0 Å². The molecule has 56 valence electrons. The Bertz CT molecular complexity index is 409. The topological polar surface area (TPSA) is 30.2 Å². The number of hydrogen-bond acceptors (Lipinski definition) is 2. The van der Waals surface area contributed by atoms with Gasteiger partial charge in [0.15, 0.2) is 0 Å². The zero-order valence-electron chi connectivity index (χ0n) is 5.23. The second-order valence-corrected chi connectivity index (χ2v) is 3.71. The Hall–Kier alpha value is -0.350. The third-order valence-electron chi connectivity index (χ3n) is 1.44. The minimum Gasteiger partial charge on any atom is -0.455 e. The quantitative estimate of drug-likeness (QED) is 0.741. The second-order valence-electron chi connectivity index (χ2n) is 2.12. The summed E-state index contributed by atoms with van der Waals surface area (Å²) in [6, 6.07) is 3.51. The minimum absolute atomic E-state index is 0.0637. The fraction of sp³-hybridized carbons (Fsp3) is 0. The summed E-state index contributed by atoms with van der Waals surface area (Å²) in [5, 5.41) is 0. The first-order valence-corrected chi connectivity index (χ1v) is 4.49. The van der Waals surface area contributed by atoms with Crippen LogP contribution in [0.2, 0.25) is 0 Å². The van der Waals surface area contributed by atoms with E-state index in [1.54, 1.807) is 12.1 Å². The highest BCUT2D eigenvalue weighted by Gasteiger charge is 2.11. The van der Waals surface area contributed by atoms with Gasteiger partial charge in [0.2, 0.25) is 5.43 Å². The number of halogens is 2. The number of fused-ring (bicyclic) bond motifs is 2. The van der Waals surface area contributed by atoms with Gasteiger partial charge < -0.3 is 4.42 Å². The lowest BCUT2D eigenvalue weighted by molar-refractivity contribution is 0.655. The first kappa shape index (κ1) is 7.31. The van der Waals surface area contributed by atoms with E-state index in [4.69, 9.17) is 4.42 Å². The van der Waals surface area contributed by atoms with Gasteiger partial charge in [-0.15, -0.1) is 0 Å². The van der Waals surface area contributed by atoms with Gasteiger partial charge in [-0.3, -0.25) is 4.79 Å². The van der Waals surface area contributed by atoms with E-state index < -0.39 is 0 Å². The first-order valence-electron chi connectivity index (χ1n) is 2.90. The van der Waals surface area contributed by atoms with Crippen molar-refractivity contribution in [3.05, 3.63) is 31.3 Å². The van der Waals surface area contributed by atoms with Crippen LogP contribution in [0.4, 0.5) is 0 Å². The predicted octanol–water partition coefficient (Wildman–Crippen LogP) is 2.76. The molecule has 0 spiro atoms. The summed E-state index contributed by atoms with van der Waals surface area (Å²) in [6.45, 7) is 0. The normalized spacial score (nSPS) is 11.1. The molecule has 4 heteroatoms. The van der Waals surface area contributed by atoms with Crippen LogP contribution in [-0.4, -0.2) is 0 Å². The summed E-state index contributed by atoms with van der Waals surface area (Å²) in [6.07, 6.45) is 0. The van der Waals surface area contributed by atoms with E-state index in [0.717, 1.165) is 0 Å². The average molecular weight is 278 g/mol. The maximum absolute atomic E-state index is 11.3. The van der Waals surface area contributed by atoms with Crippen LogP contribution >= 0.6 is 31.9 Å². The van der Waals surface area contributed by atoms with Crippen molar-refractivity contribution in [1.29, 1.82) is 0 Å². The van der Waals surface area contributed by atoms with Crippen LogP contribution in [0.1, 0.15) is 0 Å². The largest absolute Gasteiger partial charge is 0.455 e. The molecule has 2 bridgehead atoms. The van der Waals surface area contributed by atoms with Crippen molar-refractivity contribution >= 4 is 43.0 Å². The predicted molar refractivity (Wildman–Crippen MR) is 49.1 cm³/mol. The molecule has 0 saturated heterocycles. The molecular weight excluding hydrogens is 276 g/mol. The van der Waals surface area contributed by atoms with Gasteiger partial charge in [0.05, 0.1) is 0 Å². The van der Waals surface area contributed by atoms with E-state index in [9.17, 15) is 4.79 Å². The van der Waals surface area contributed by atoms with Crippen LogP contribution in [0.15, 0.2) is 30.3 Å².